The Morgan fingerprint density at radius 2 is 2.26 bits per heavy atom. The summed E-state index contributed by atoms with van der Waals surface area (Å²) in [5.41, 5.74) is 2.37. The zero-order valence-corrected chi connectivity index (χ0v) is 19.4. The second-order valence-electron chi connectivity index (χ2n) is 9.12. The standard InChI is InChI=1S/C23H32N4O3S/c1-16-11-17(6-7-19(16)30-10-8-23(2)14-29-15-23)21-25-20(13-31-21)26-22(28)24-18-5-4-9-27(3)12-18/h6-7,11,13,18H,4-5,8-10,12,14-15H2,1-3H3,(H2,24,26,28). The van der Waals surface area contributed by atoms with Crippen molar-refractivity contribution in [3.8, 4) is 16.3 Å². The van der Waals surface area contributed by atoms with Gasteiger partial charge in [0.1, 0.15) is 16.6 Å². The van der Waals surface area contributed by atoms with E-state index >= 15 is 0 Å². The van der Waals surface area contributed by atoms with Crippen LogP contribution in [-0.4, -0.2) is 61.9 Å². The number of likely N-dealkylation sites (tertiary alicyclic amines) is 1. The lowest BCUT2D eigenvalue weighted by Crippen LogP contribution is -2.47. The Bertz CT molecular complexity index is 912. The molecule has 3 heterocycles. The highest BCUT2D eigenvalue weighted by Gasteiger charge is 2.33. The Balaban J connectivity index is 1.30. The first-order valence-electron chi connectivity index (χ1n) is 10.9. The molecule has 0 spiro atoms. The molecule has 0 saturated carbocycles. The van der Waals surface area contributed by atoms with E-state index in [0.717, 1.165) is 67.4 Å². The predicted octanol–water partition coefficient (Wildman–Crippen LogP) is 4.14. The zero-order valence-electron chi connectivity index (χ0n) is 18.6. The Labute approximate surface area is 188 Å². The number of hydrogen-bond acceptors (Lipinski definition) is 6. The third-order valence-electron chi connectivity index (χ3n) is 5.99. The van der Waals surface area contributed by atoms with E-state index in [4.69, 9.17) is 9.47 Å². The van der Waals surface area contributed by atoms with E-state index in [1.54, 1.807) is 0 Å². The fraction of sp³-hybridized carbons (Fsp3) is 0.565. The molecule has 4 rings (SSSR count). The molecule has 31 heavy (non-hydrogen) atoms. The second-order valence-corrected chi connectivity index (χ2v) is 9.98. The molecule has 2 N–H and O–H groups in total. The van der Waals surface area contributed by atoms with Crippen LogP contribution in [0.5, 0.6) is 5.75 Å². The molecule has 2 aliphatic heterocycles. The molecular formula is C23H32N4O3S. The van der Waals surface area contributed by atoms with Crippen LogP contribution < -0.4 is 15.4 Å². The summed E-state index contributed by atoms with van der Waals surface area (Å²) in [6, 6.07) is 6.11. The summed E-state index contributed by atoms with van der Waals surface area (Å²) in [5, 5.41) is 8.67. The molecule has 168 valence electrons. The minimum absolute atomic E-state index is 0.187. The average molecular weight is 445 g/mol. The van der Waals surface area contributed by atoms with E-state index in [1.165, 1.54) is 11.3 Å². The fourth-order valence-electron chi connectivity index (χ4n) is 4.03. The quantitative estimate of drug-likeness (QED) is 0.671. The Kier molecular flexibility index (Phi) is 6.79. The summed E-state index contributed by atoms with van der Waals surface area (Å²) < 4.78 is 11.3. The van der Waals surface area contributed by atoms with E-state index in [2.05, 4.69) is 47.5 Å². The fourth-order valence-corrected chi connectivity index (χ4v) is 4.78. The van der Waals surface area contributed by atoms with Crippen molar-refractivity contribution in [1.82, 2.24) is 15.2 Å². The highest BCUT2D eigenvalue weighted by Crippen LogP contribution is 2.32. The molecule has 1 atom stereocenters. The predicted molar refractivity (Wildman–Crippen MR) is 124 cm³/mol. The number of piperidine rings is 1. The van der Waals surface area contributed by atoms with Crippen molar-refractivity contribution < 1.29 is 14.3 Å². The minimum atomic E-state index is -0.192. The summed E-state index contributed by atoms with van der Waals surface area (Å²) in [6.45, 7) is 8.60. The number of likely N-dealkylation sites (N-methyl/N-ethyl adjacent to an activating group) is 1. The third-order valence-corrected chi connectivity index (χ3v) is 6.88. The third kappa shape index (κ3) is 5.75. The van der Waals surface area contributed by atoms with Crippen LogP contribution in [0.15, 0.2) is 23.6 Å². The highest BCUT2D eigenvalue weighted by atomic mass is 32.1. The Hall–Kier alpha value is -2.16. The first kappa shape index (κ1) is 22.0. The van der Waals surface area contributed by atoms with Gasteiger partial charge >= 0.3 is 6.03 Å². The van der Waals surface area contributed by atoms with Gasteiger partial charge in [-0.25, -0.2) is 9.78 Å². The van der Waals surface area contributed by atoms with Crippen molar-refractivity contribution in [2.45, 2.75) is 39.2 Å². The molecule has 0 aliphatic carbocycles. The number of amides is 2. The normalized spacial score (nSPS) is 20.7. The van der Waals surface area contributed by atoms with Gasteiger partial charge in [-0.15, -0.1) is 11.3 Å². The number of benzene rings is 1. The van der Waals surface area contributed by atoms with E-state index in [0.29, 0.717) is 12.4 Å². The number of urea groups is 1. The summed E-state index contributed by atoms with van der Waals surface area (Å²) >= 11 is 1.52. The first-order chi connectivity index (χ1) is 14.9. The number of carbonyl (C=O) groups excluding carboxylic acids is 1. The maximum absolute atomic E-state index is 12.3. The SMILES string of the molecule is Cc1cc(-c2nc(NC(=O)NC3CCCN(C)C3)cs2)ccc1OCCC1(C)COC1. The van der Waals surface area contributed by atoms with Gasteiger partial charge in [0.05, 0.1) is 19.8 Å². The van der Waals surface area contributed by atoms with Gasteiger partial charge in [0.15, 0.2) is 0 Å². The van der Waals surface area contributed by atoms with Crippen molar-refractivity contribution in [3.63, 3.8) is 0 Å². The maximum Gasteiger partial charge on any atom is 0.320 e. The molecule has 2 fully saturated rings. The molecule has 7 nitrogen and oxygen atoms in total. The Morgan fingerprint density at radius 1 is 1.42 bits per heavy atom. The summed E-state index contributed by atoms with van der Waals surface area (Å²) in [6.07, 6.45) is 3.12. The van der Waals surface area contributed by atoms with Gasteiger partial charge in [-0.05, 0) is 63.5 Å². The van der Waals surface area contributed by atoms with E-state index in [-0.39, 0.29) is 17.5 Å². The molecule has 1 aromatic heterocycles. The number of anilines is 1. The molecule has 2 aromatic rings. The van der Waals surface area contributed by atoms with Gasteiger partial charge in [0, 0.05) is 28.9 Å². The van der Waals surface area contributed by atoms with Gasteiger partial charge in [0.25, 0.3) is 0 Å². The number of nitrogens with zero attached hydrogens (tertiary/aromatic N) is 2. The zero-order chi connectivity index (χ0) is 21.8. The summed E-state index contributed by atoms with van der Waals surface area (Å²) in [4.78, 5) is 19.2. The van der Waals surface area contributed by atoms with Crippen LogP contribution >= 0.6 is 11.3 Å². The van der Waals surface area contributed by atoms with Crippen LogP contribution in [0.3, 0.4) is 0 Å². The number of aryl methyl sites for hydroxylation is 1. The smallest absolute Gasteiger partial charge is 0.320 e. The number of nitrogens with one attached hydrogen (secondary N) is 2. The van der Waals surface area contributed by atoms with Gasteiger partial charge in [-0.1, -0.05) is 6.92 Å². The van der Waals surface area contributed by atoms with E-state index in [1.807, 2.05) is 17.5 Å². The number of aromatic nitrogens is 1. The number of hydrogen-bond donors (Lipinski definition) is 2. The summed E-state index contributed by atoms with van der Waals surface area (Å²) in [5.74, 6) is 1.48. The van der Waals surface area contributed by atoms with Gasteiger partial charge in [-0.3, -0.25) is 5.32 Å². The van der Waals surface area contributed by atoms with Crippen molar-refractivity contribution in [3.05, 3.63) is 29.1 Å². The topological polar surface area (TPSA) is 75.7 Å². The minimum Gasteiger partial charge on any atom is -0.493 e. The van der Waals surface area contributed by atoms with Crippen LogP contribution in [-0.2, 0) is 4.74 Å². The average Bonchev–Trinajstić information content (AvgIpc) is 3.16. The van der Waals surface area contributed by atoms with Crippen LogP contribution in [0.2, 0.25) is 0 Å². The Morgan fingerprint density at radius 3 is 2.97 bits per heavy atom. The van der Waals surface area contributed by atoms with Gasteiger partial charge in [0.2, 0.25) is 0 Å². The van der Waals surface area contributed by atoms with Crippen molar-refractivity contribution >= 4 is 23.2 Å². The largest absolute Gasteiger partial charge is 0.493 e. The lowest BCUT2D eigenvalue weighted by Gasteiger charge is -2.37. The van der Waals surface area contributed by atoms with Crippen LogP contribution in [0.25, 0.3) is 10.6 Å². The molecule has 2 saturated heterocycles. The molecule has 0 bridgehead atoms. The van der Waals surface area contributed by atoms with Crippen molar-refractivity contribution in [1.29, 1.82) is 0 Å². The van der Waals surface area contributed by atoms with Gasteiger partial charge < -0.3 is 19.7 Å². The molecule has 2 amide bonds. The highest BCUT2D eigenvalue weighted by molar-refractivity contribution is 7.13. The van der Waals surface area contributed by atoms with E-state index < -0.39 is 0 Å². The number of thiazole rings is 1. The lowest BCUT2D eigenvalue weighted by molar-refractivity contribution is -0.109. The first-order valence-corrected chi connectivity index (χ1v) is 11.8. The van der Waals surface area contributed by atoms with Crippen LogP contribution in [0.1, 0.15) is 31.7 Å². The molecule has 2 aliphatic rings. The molecule has 1 unspecified atom stereocenters. The van der Waals surface area contributed by atoms with Crippen LogP contribution in [0, 0.1) is 12.3 Å². The van der Waals surface area contributed by atoms with Crippen molar-refractivity contribution in [2.24, 2.45) is 5.41 Å². The van der Waals surface area contributed by atoms with Crippen LogP contribution in [0.4, 0.5) is 10.6 Å². The van der Waals surface area contributed by atoms with Gasteiger partial charge in [-0.2, -0.15) is 0 Å². The molecule has 0 radical (unpaired) electrons. The maximum atomic E-state index is 12.3. The molecule has 1 aromatic carbocycles. The number of ether oxygens (including phenoxy) is 2. The molecular weight excluding hydrogens is 412 g/mol. The lowest BCUT2D eigenvalue weighted by atomic mass is 9.85. The summed E-state index contributed by atoms with van der Waals surface area (Å²) in [7, 11) is 2.08. The second kappa shape index (κ2) is 9.54. The van der Waals surface area contributed by atoms with E-state index in [9.17, 15) is 4.79 Å². The monoisotopic (exact) mass is 444 g/mol. The van der Waals surface area contributed by atoms with Crippen molar-refractivity contribution in [2.75, 3.05) is 45.3 Å². The number of rotatable bonds is 7. The molecule has 8 heteroatoms. The number of carbonyl (C=O) groups is 1.